The van der Waals surface area contributed by atoms with Gasteiger partial charge in [-0.1, -0.05) is 91.0 Å². The lowest BCUT2D eigenvalue weighted by molar-refractivity contribution is -0.143. The summed E-state index contributed by atoms with van der Waals surface area (Å²) in [6.45, 7) is 0. The SMILES string of the molecule is NC(c1ccccc1)(c1ccccc1)[C@H](Cc1ccccc1)NS(=O)(=O)c1cc(C(F)(F)F)cc(C(F)(F)F)c1. The fourth-order valence-corrected chi connectivity index (χ4v) is 5.82. The van der Waals surface area contributed by atoms with Gasteiger partial charge in [-0.2, -0.15) is 26.3 Å². The van der Waals surface area contributed by atoms with Gasteiger partial charge in [0, 0.05) is 0 Å². The molecule has 0 aliphatic rings. The molecule has 4 nitrogen and oxygen atoms in total. The molecule has 0 bridgehead atoms. The number of benzene rings is 4. The van der Waals surface area contributed by atoms with Gasteiger partial charge in [-0.05, 0) is 41.3 Å². The van der Waals surface area contributed by atoms with E-state index >= 15 is 0 Å². The topological polar surface area (TPSA) is 72.2 Å². The first-order valence-corrected chi connectivity index (χ1v) is 13.5. The fraction of sp³-hybridized carbons (Fsp3) is 0.172. The van der Waals surface area contributed by atoms with E-state index in [-0.39, 0.29) is 24.6 Å². The average molecular weight is 579 g/mol. The predicted molar refractivity (Wildman–Crippen MR) is 139 cm³/mol. The minimum absolute atomic E-state index is 0.0363. The molecule has 0 fully saturated rings. The summed E-state index contributed by atoms with van der Waals surface area (Å²) >= 11 is 0. The zero-order chi connectivity index (χ0) is 29.2. The summed E-state index contributed by atoms with van der Waals surface area (Å²) in [6.07, 6.45) is -10.5. The summed E-state index contributed by atoms with van der Waals surface area (Å²) in [7, 11) is -4.97. The third-order valence-corrected chi connectivity index (χ3v) is 7.96. The van der Waals surface area contributed by atoms with Crippen LogP contribution >= 0.6 is 0 Å². The molecule has 1 atom stereocenters. The largest absolute Gasteiger partial charge is 0.416 e. The summed E-state index contributed by atoms with van der Waals surface area (Å²) in [4.78, 5) is -1.18. The molecule has 11 heteroatoms. The van der Waals surface area contributed by atoms with Gasteiger partial charge >= 0.3 is 12.4 Å². The van der Waals surface area contributed by atoms with E-state index in [0.717, 1.165) is 0 Å². The first-order valence-electron chi connectivity index (χ1n) is 12.0. The molecule has 0 heterocycles. The second-order valence-electron chi connectivity index (χ2n) is 9.21. The predicted octanol–water partition coefficient (Wildman–Crippen LogP) is 6.52. The monoisotopic (exact) mass is 578 g/mol. The number of rotatable bonds is 8. The number of halogens is 6. The van der Waals surface area contributed by atoms with E-state index in [1.54, 1.807) is 91.0 Å². The maximum absolute atomic E-state index is 13.6. The zero-order valence-corrected chi connectivity index (χ0v) is 21.6. The van der Waals surface area contributed by atoms with Crippen LogP contribution in [0.1, 0.15) is 27.8 Å². The highest BCUT2D eigenvalue weighted by atomic mass is 32.2. The van der Waals surface area contributed by atoms with Crippen molar-refractivity contribution in [2.24, 2.45) is 5.73 Å². The van der Waals surface area contributed by atoms with Gasteiger partial charge in [-0.25, -0.2) is 13.1 Å². The van der Waals surface area contributed by atoms with Crippen LogP contribution in [0.5, 0.6) is 0 Å². The molecule has 0 aliphatic heterocycles. The molecular weight excluding hydrogens is 554 g/mol. The van der Waals surface area contributed by atoms with Gasteiger partial charge in [-0.15, -0.1) is 0 Å². The Kier molecular flexibility index (Phi) is 8.11. The van der Waals surface area contributed by atoms with E-state index < -0.39 is 50.0 Å². The Hall–Kier alpha value is -3.67. The van der Waals surface area contributed by atoms with E-state index in [0.29, 0.717) is 16.7 Å². The quantitative estimate of drug-likeness (QED) is 0.234. The van der Waals surface area contributed by atoms with Crippen LogP contribution in [0.25, 0.3) is 0 Å². The third-order valence-electron chi connectivity index (χ3n) is 6.50. The average Bonchev–Trinajstić information content (AvgIpc) is 2.92. The van der Waals surface area contributed by atoms with Gasteiger partial charge in [0.15, 0.2) is 0 Å². The van der Waals surface area contributed by atoms with Gasteiger partial charge in [-0.3, -0.25) is 0 Å². The number of nitrogens with two attached hydrogens (primary N) is 1. The van der Waals surface area contributed by atoms with Crippen molar-refractivity contribution in [2.45, 2.75) is 35.2 Å². The van der Waals surface area contributed by atoms with E-state index in [2.05, 4.69) is 4.72 Å². The summed E-state index contributed by atoms with van der Waals surface area (Å²) in [5.74, 6) is 0. The molecule has 0 unspecified atom stereocenters. The van der Waals surface area contributed by atoms with Crippen LogP contribution in [0.3, 0.4) is 0 Å². The Balaban J connectivity index is 1.90. The van der Waals surface area contributed by atoms with E-state index in [4.69, 9.17) is 5.73 Å². The molecule has 4 aromatic carbocycles. The Bertz CT molecular complexity index is 1470. The van der Waals surface area contributed by atoms with Gasteiger partial charge < -0.3 is 5.73 Å². The molecule has 4 aromatic rings. The number of nitrogens with one attached hydrogen (secondary N) is 1. The van der Waals surface area contributed by atoms with Crippen molar-refractivity contribution >= 4 is 10.0 Å². The molecular formula is C29H24F6N2O2S. The Morgan fingerprint density at radius 1 is 0.625 bits per heavy atom. The molecule has 0 aliphatic carbocycles. The van der Waals surface area contributed by atoms with E-state index in [9.17, 15) is 34.8 Å². The lowest BCUT2D eigenvalue weighted by Gasteiger charge is -2.39. The van der Waals surface area contributed by atoms with Gasteiger partial charge in [0.25, 0.3) is 0 Å². The minimum Gasteiger partial charge on any atom is -0.316 e. The van der Waals surface area contributed by atoms with Crippen LogP contribution in [0.2, 0.25) is 0 Å². The molecule has 0 saturated carbocycles. The Labute approximate surface area is 227 Å². The normalized spacial score (nSPS) is 13.7. The highest BCUT2D eigenvalue weighted by Gasteiger charge is 2.43. The highest BCUT2D eigenvalue weighted by Crippen LogP contribution is 2.38. The number of hydrogen-bond acceptors (Lipinski definition) is 3. The first kappa shape index (κ1) is 29.3. The third kappa shape index (κ3) is 6.38. The van der Waals surface area contributed by atoms with Crippen molar-refractivity contribution in [1.29, 1.82) is 0 Å². The molecule has 3 N–H and O–H groups in total. The number of sulfonamides is 1. The summed E-state index contributed by atoms with van der Waals surface area (Å²) in [6, 6.07) is 24.5. The second-order valence-corrected chi connectivity index (χ2v) is 10.9. The minimum atomic E-state index is -5.22. The van der Waals surface area contributed by atoms with Crippen LogP contribution in [0.15, 0.2) is 114 Å². The zero-order valence-electron chi connectivity index (χ0n) is 20.7. The van der Waals surface area contributed by atoms with Crippen LogP contribution in [-0.4, -0.2) is 14.5 Å². The Morgan fingerprint density at radius 2 is 1.02 bits per heavy atom. The lowest BCUT2D eigenvalue weighted by Crippen LogP contribution is -2.57. The maximum Gasteiger partial charge on any atom is 0.416 e. The second kappa shape index (κ2) is 11.1. The number of alkyl halides is 6. The molecule has 0 spiro atoms. The van der Waals surface area contributed by atoms with Gasteiger partial charge in [0.05, 0.1) is 27.6 Å². The van der Waals surface area contributed by atoms with Crippen LogP contribution < -0.4 is 10.5 Å². The summed E-state index contributed by atoms with van der Waals surface area (Å²) in [5.41, 5.74) is 3.55. The standard InChI is InChI=1S/C29H24F6N2O2S/c30-28(31,32)23-17-24(29(33,34)35)19-25(18-23)40(38,39)37-26(16-20-10-4-1-5-11-20)27(36,21-12-6-2-7-13-21)22-14-8-3-9-15-22/h1-15,17-19,26,37H,16,36H2/t26-/m0/s1. The maximum atomic E-state index is 13.6. The molecule has 40 heavy (non-hydrogen) atoms. The smallest absolute Gasteiger partial charge is 0.316 e. The first-order chi connectivity index (χ1) is 18.7. The fourth-order valence-electron chi connectivity index (χ4n) is 4.48. The van der Waals surface area contributed by atoms with Crippen molar-refractivity contribution in [1.82, 2.24) is 4.72 Å². The molecule has 210 valence electrons. The molecule has 0 radical (unpaired) electrons. The lowest BCUT2D eigenvalue weighted by atomic mass is 9.76. The van der Waals surface area contributed by atoms with Crippen LogP contribution in [0, 0.1) is 0 Å². The molecule has 4 rings (SSSR count). The molecule has 0 aromatic heterocycles. The van der Waals surface area contributed by atoms with E-state index in [1.807, 2.05) is 0 Å². The van der Waals surface area contributed by atoms with Gasteiger partial charge in [0.2, 0.25) is 10.0 Å². The van der Waals surface area contributed by atoms with Crippen molar-refractivity contribution < 1.29 is 34.8 Å². The van der Waals surface area contributed by atoms with Crippen LogP contribution in [0.4, 0.5) is 26.3 Å². The van der Waals surface area contributed by atoms with Crippen molar-refractivity contribution in [2.75, 3.05) is 0 Å². The number of hydrogen-bond donors (Lipinski definition) is 2. The molecule has 0 saturated heterocycles. The highest BCUT2D eigenvalue weighted by molar-refractivity contribution is 7.89. The summed E-state index contributed by atoms with van der Waals surface area (Å²) in [5, 5.41) is 0. The van der Waals surface area contributed by atoms with Crippen molar-refractivity contribution in [3.05, 3.63) is 137 Å². The van der Waals surface area contributed by atoms with E-state index in [1.165, 1.54) is 0 Å². The van der Waals surface area contributed by atoms with Crippen LogP contribution in [-0.2, 0) is 34.3 Å². The molecule has 0 amide bonds. The van der Waals surface area contributed by atoms with Crippen molar-refractivity contribution in [3.8, 4) is 0 Å². The van der Waals surface area contributed by atoms with Crippen molar-refractivity contribution in [3.63, 3.8) is 0 Å². The van der Waals surface area contributed by atoms with Gasteiger partial charge in [0.1, 0.15) is 0 Å². The Morgan fingerprint density at radius 3 is 1.43 bits per heavy atom. The summed E-state index contributed by atoms with van der Waals surface area (Å²) < 4.78 is 111.